The number of hydrogen-bond acceptors (Lipinski definition) is 4. The Kier molecular flexibility index (Phi) is 4.50. The Hall–Kier alpha value is -1.01. The Morgan fingerprint density at radius 3 is 3.00 bits per heavy atom. The van der Waals surface area contributed by atoms with Gasteiger partial charge in [-0.3, -0.25) is 4.79 Å². The van der Waals surface area contributed by atoms with E-state index in [0.29, 0.717) is 6.61 Å². The second-order valence-corrected chi connectivity index (χ2v) is 8.57. The molecule has 2 fully saturated rings. The maximum atomic E-state index is 13.0. The summed E-state index contributed by atoms with van der Waals surface area (Å²) in [6.45, 7) is 6.86. The first-order chi connectivity index (χ1) is 10.5. The summed E-state index contributed by atoms with van der Waals surface area (Å²) in [4.78, 5) is 19.4. The first-order valence-electron chi connectivity index (χ1n) is 7.99. The summed E-state index contributed by atoms with van der Waals surface area (Å²) < 4.78 is 8.06. The molecule has 0 aromatic carbocycles. The lowest BCUT2D eigenvalue weighted by Crippen LogP contribution is -2.39. The number of hydrogen-bond donors (Lipinski definition) is 0. The van der Waals surface area contributed by atoms with Crippen LogP contribution in [0.1, 0.15) is 38.6 Å². The molecule has 5 nitrogen and oxygen atoms in total. The standard InChI is InChI=1S/C16H25N3O2S/c1-16(2)5-7-19(9-11-22-16)15(20)12-4-10-21-13(12)14-17-6-8-18(14)3/h6,8,12-13H,4-5,7,9-11H2,1-3H3/t12-,13-/m1/s1. The number of aromatic nitrogens is 2. The summed E-state index contributed by atoms with van der Waals surface area (Å²) in [5, 5.41) is 0. The van der Waals surface area contributed by atoms with Gasteiger partial charge >= 0.3 is 0 Å². The minimum atomic E-state index is -0.198. The maximum absolute atomic E-state index is 13.0. The molecule has 2 saturated heterocycles. The molecule has 0 radical (unpaired) electrons. The van der Waals surface area contributed by atoms with Crippen LogP contribution in [-0.2, 0) is 16.6 Å². The number of nitrogens with zero attached hydrogens (tertiary/aromatic N) is 3. The lowest BCUT2D eigenvalue weighted by Gasteiger charge is -2.27. The van der Waals surface area contributed by atoms with E-state index < -0.39 is 0 Å². The Morgan fingerprint density at radius 1 is 1.45 bits per heavy atom. The molecule has 122 valence electrons. The van der Waals surface area contributed by atoms with Gasteiger partial charge < -0.3 is 14.2 Å². The zero-order chi connectivity index (χ0) is 15.7. The number of ether oxygens (including phenoxy) is 1. The first kappa shape index (κ1) is 15.9. The second-order valence-electron chi connectivity index (χ2n) is 6.77. The SMILES string of the molecule is Cn1ccnc1[C@@H]1OCC[C@H]1C(=O)N1CCSC(C)(C)CC1. The van der Waals surface area contributed by atoms with Gasteiger partial charge in [-0.1, -0.05) is 13.8 Å². The van der Waals surface area contributed by atoms with Gasteiger partial charge in [-0.25, -0.2) is 4.98 Å². The first-order valence-corrected chi connectivity index (χ1v) is 8.98. The van der Waals surface area contributed by atoms with Crippen molar-refractivity contribution in [2.45, 2.75) is 37.5 Å². The number of aryl methyl sites for hydroxylation is 1. The topological polar surface area (TPSA) is 47.4 Å². The number of carbonyl (C=O) groups excluding carboxylic acids is 1. The van der Waals surface area contributed by atoms with E-state index in [-0.39, 0.29) is 22.7 Å². The van der Waals surface area contributed by atoms with Crippen molar-refractivity contribution >= 4 is 17.7 Å². The molecular weight excluding hydrogens is 298 g/mol. The molecule has 0 N–H and O–H groups in total. The highest BCUT2D eigenvalue weighted by atomic mass is 32.2. The largest absolute Gasteiger partial charge is 0.369 e. The lowest BCUT2D eigenvalue weighted by atomic mass is 9.98. The van der Waals surface area contributed by atoms with Gasteiger partial charge in [-0.15, -0.1) is 0 Å². The average Bonchev–Trinajstić information content (AvgIpc) is 3.05. The fraction of sp³-hybridized carbons (Fsp3) is 0.750. The van der Waals surface area contributed by atoms with Crippen LogP contribution in [0.4, 0.5) is 0 Å². The normalized spacial score (nSPS) is 28.6. The van der Waals surface area contributed by atoms with E-state index in [4.69, 9.17) is 4.74 Å². The maximum Gasteiger partial charge on any atom is 0.228 e. The zero-order valence-corrected chi connectivity index (χ0v) is 14.4. The fourth-order valence-electron chi connectivity index (χ4n) is 3.22. The summed E-state index contributed by atoms with van der Waals surface area (Å²) in [5.41, 5.74) is 0. The molecule has 1 amide bonds. The van der Waals surface area contributed by atoms with Crippen molar-refractivity contribution in [2.75, 3.05) is 25.4 Å². The van der Waals surface area contributed by atoms with Crippen LogP contribution >= 0.6 is 11.8 Å². The van der Waals surface area contributed by atoms with E-state index >= 15 is 0 Å². The van der Waals surface area contributed by atoms with Crippen molar-refractivity contribution in [3.63, 3.8) is 0 Å². The summed E-state index contributed by atoms with van der Waals surface area (Å²) in [6.07, 6.45) is 5.32. The van der Waals surface area contributed by atoms with Crippen molar-refractivity contribution < 1.29 is 9.53 Å². The highest BCUT2D eigenvalue weighted by Crippen LogP contribution is 2.36. The molecule has 1 aromatic heterocycles. The molecule has 2 atom stereocenters. The average molecular weight is 323 g/mol. The molecule has 0 bridgehead atoms. The van der Waals surface area contributed by atoms with Crippen LogP contribution in [0.15, 0.2) is 12.4 Å². The van der Waals surface area contributed by atoms with Crippen molar-refractivity contribution in [3.8, 4) is 0 Å². The third-order valence-corrected chi connectivity index (χ3v) is 6.04. The van der Waals surface area contributed by atoms with Crippen LogP contribution in [0.5, 0.6) is 0 Å². The predicted molar refractivity (Wildman–Crippen MR) is 87.7 cm³/mol. The van der Waals surface area contributed by atoms with E-state index in [9.17, 15) is 4.79 Å². The third-order valence-electron chi connectivity index (χ3n) is 4.67. The summed E-state index contributed by atoms with van der Waals surface area (Å²) in [7, 11) is 1.96. The molecule has 0 aliphatic carbocycles. The van der Waals surface area contributed by atoms with Crippen LogP contribution in [0.3, 0.4) is 0 Å². The molecule has 6 heteroatoms. The molecule has 0 unspecified atom stereocenters. The Bertz CT molecular complexity index is 543. The number of amides is 1. The number of rotatable bonds is 2. The molecule has 2 aliphatic heterocycles. The van der Waals surface area contributed by atoms with E-state index in [2.05, 4.69) is 18.8 Å². The predicted octanol–water partition coefficient (Wildman–Crippen LogP) is 2.24. The molecule has 1 aromatic rings. The van der Waals surface area contributed by atoms with Gasteiger partial charge in [0.1, 0.15) is 11.9 Å². The highest BCUT2D eigenvalue weighted by molar-refractivity contribution is 8.00. The Morgan fingerprint density at radius 2 is 2.27 bits per heavy atom. The van der Waals surface area contributed by atoms with E-state index in [1.807, 2.05) is 34.5 Å². The highest BCUT2D eigenvalue weighted by Gasteiger charge is 2.40. The van der Waals surface area contributed by atoms with Crippen LogP contribution in [0, 0.1) is 5.92 Å². The van der Waals surface area contributed by atoms with Crippen molar-refractivity contribution in [2.24, 2.45) is 13.0 Å². The molecule has 3 rings (SSSR count). The molecule has 3 heterocycles. The smallest absolute Gasteiger partial charge is 0.228 e. The van der Waals surface area contributed by atoms with E-state index in [1.54, 1.807) is 6.20 Å². The molecule has 0 saturated carbocycles. The summed E-state index contributed by atoms with van der Waals surface area (Å²) >= 11 is 1.96. The molecule has 22 heavy (non-hydrogen) atoms. The minimum absolute atomic E-state index is 0.0905. The van der Waals surface area contributed by atoms with Gasteiger partial charge in [0, 0.05) is 49.6 Å². The van der Waals surface area contributed by atoms with E-state index in [0.717, 1.165) is 37.5 Å². The van der Waals surface area contributed by atoms with Gasteiger partial charge in [-0.2, -0.15) is 11.8 Å². The second kappa shape index (κ2) is 6.24. The molecule has 2 aliphatic rings. The zero-order valence-electron chi connectivity index (χ0n) is 13.6. The van der Waals surface area contributed by atoms with Crippen molar-refractivity contribution in [3.05, 3.63) is 18.2 Å². The van der Waals surface area contributed by atoms with Gasteiger partial charge in [0.15, 0.2) is 0 Å². The summed E-state index contributed by atoms with van der Waals surface area (Å²) in [5.74, 6) is 2.02. The number of imidazole rings is 1. The molecular formula is C16H25N3O2S. The quantitative estimate of drug-likeness (QED) is 0.837. The van der Waals surface area contributed by atoms with E-state index in [1.165, 1.54) is 0 Å². The van der Waals surface area contributed by atoms with Gasteiger partial charge in [-0.05, 0) is 12.8 Å². The van der Waals surface area contributed by atoms with Gasteiger partial charge in [0.05, 0.1) is 5.92 Å². The van der Waals surface area contributed by atoms with Crippen molar-refractivity contribution in [1.82, 2.24) is 14.5 Å². The molecule has 0 spiro atoms. The minimum Gasteiger partial charge on any atom is -0.369 e. The van der Waals surface area contributed by atoms with Crippen LogP contribution in [0.2, 0.25) is 0 Å². The summed E-state index contributed by atoms with van der Waals surface area (Å²) in [6, 6.07) is 0. The van der Waals surface area contributed by atoms with Crippen LogP contribution in [-0.4, -0.2) is 50.6 Å². The van der Waals surface area contributed by atoms with Crippen molar-refractivity contribution in [1.29, 1.82) is 0 Å². The number of carbonyl (C=O) groups is 1. The van der Waals surface area contributed by atoms with Crippen LogP contribution in [0.25, 0.3) is 0 Å². The Balaban J connectivity index is 1.72. The monoisotopic (exact) mass is 323 g/mol. The van der Waals surface area contributed by atoms with Gasteiger partial charge in [0.25, 0.3) is 0 Å². The Labute approximate surface area is 136 Å². The number of thioether (sulfide) groups is 1. The third kappa shape index (κ3) is 3.18. The van der Waals surface area contributed by atoms with Gasteiger partial charge in [0.2, 0.25) is 5.91 Å². The lowest BCUT2D eigenvalue weighted by molar-refractivity contribution is -0.137. The fourth-order valence-corrected chi connectivity index (χ4v) is 4.32. The van der Waals surface area contributed by atoms with Crippen LogP contribution < -0.4 is 0 Å².